The maximum atomic E-state index is 11.3. The van der Waals surface area contributed by atoms with Crippen LogP contribution < -0.4 is 0 Å². The molecule has 0 bridgehead atoms. The molecule has 5 aliphatic rings. The molecule has 0 amide bonds. The fourth-order valence-corrected chi connectivity index (χ4v) is 9.97. The highest BCUT2D eigenvalue weighted by atomic mass is 16.3. The summed E-state index contributed by atoms with van der Waals surface area (Å²) in [5.74, 6) is 8.40. The van der Waals surface area contributed by atoms with Gasteiger partial charge in [0.25, 0.3) is 0 Å². The van der Waals surface area contributed by atoms with Crippen LogP contribution in [0.15, 0.2) is 34.9 Å². The Labute approximate surface area is 197 Å². The van der Waals surface area contributed by atoms with Crippen molar-refractivity contribution in [2.24, 2.45) is 65.1 Å². The first-order valence-corrected chi connectivity index (χ1v) is 13.9. The zero-order valence-electron chi connectivity index (χ0n) is 21.6. The third kappa shape index (κ3) is 3.79. The van der Waals surface area contributed by atoms with E-state index in [0.29, 0.717) is 17.8 Å². The van der Waals surface area contributed by atoms with Crippen LogP contribution in [0.5, 0.6) is 0 Å². The first kappa shape index (κ1) is 22.9. The molecule has 178 valence electrons. The van der Waals surface area contributed by atoms with Gasteiger partial charge < -0.3 is 5.11 Å². The average Bonchev–Trinajstić information content (AvgIpc) is 3.15. The van der Waals surface area contributed by atoms with E-state index in [0.717, 1.165) is 53.8 Å². The van der Waals surface area contributed by atoms with Crippen molar-refractivity contribution >= 4 is 0 Å². The Bertz CT molecular complexity index is 797. The van der Waals surface area contributed by atoms with E-state index in [1.54, 1.807) is 11.1 Å². The summed E-state index contributed by atoms with van der Waals surface area (Å²) in [6, 6.07) is 0. The molecule has 12 atom stereocenters. The van der Waals surface area contributed by atoms with Gasteiger partial charge in [0.15, 0.2) is 0 Å². The molecule has 5 aliphatic carbocycles. The van der Waals surface area contributed by atoms with Crippen LogP contribution in [0.3, 0.4) is 0 Å². The molecule has 4 saturated carbocycles. The van der Waals surface area contributed by atoms with Crippen molar-refractivity contribution in [3.05, 3.63) is 34.9 Å². The summed E-state index contributed by atoms with van der Waals surface area (Å²) in [6.07, 6.45) is 16.9. The molecule has 1 N–H and O–H groups in total. The van der Waals surface area contributed by atoms with Crippen LogP contribution in [-0.4, -0.2) is 11.2 Å². The highest BCUT2D eigenvalue weighted by Gasteiger charge is 2.57. The molecule has 5 rings (SSSR count). The molecule has 0 spiro atoms. The monoisotopic (exact) mass is 436 g/mol. The third-order valence-electron chi connectivity index (χ3n) is 11.1. The maximum Gasteiger partial charge on any atom is 0.0574 e. The molecular weight excluding hydrogens is 388 g/mol. The van der Waals surface area contributed by atoms with Crippen molar-refractivity contribution in [2.45, 2.75) is 92.6 Å². The molecule has 0 saturated heterocycles. The summed E-state index contributed by atoms with van der Waals surface area (Å²) < 4.78 is 0. The Morgan fingerprint density at radius 2 is 1.69 bits per heavy atom. The number of aliphatic hydroxyl groups excluding tert-OH is 1. The van der Waals surface area contributed by atoms with Crippen LogP contribution in [0, 0.1) is 65.1 Å². The van der Waals surface area contributed by atoms with E-state index in [2.05, 4.69) is 59.8 Å². The number of hydrogen-bond acceptors (Lipinski definition) is 1. The van der Waals surface area contributed by atoms with Gasteiger partial charge in [-0.1, -0.05) is 41.9 Å². The average molecular weight is 437 g/mol. The molecule has 4 fully saturated rings. The maximum absolute atomic E-state index is 11.3. The molecule has 1 nitrogen and oxygen atoms in total. The lowest BCUT2D eigenvalue weighted by Gasteiger charge is -2.58. The van der Waals surface area contributed by atoms with E-state index >= 15 is 0 Å². The molecule has 12 unspecified atom stereocenters. The summed E-state index contributed by atoms with van der Waals surface area (Å²) in [5, 5.41) is 11.3. The van der Waals surface area contributed by atoms with Crippen molar-refractivity contribution in [1.29, 1.82) is 0 Å². The summed E-state index contributed by atoms with van der Waals surface area (Å²) in [7, 11) is 0. The minimum absolute atomic E-state index is 0.0682. The second kappa shape index (κ2) is 8.75. The quantitative estimate of drug-likeness (QED) is 0.437. The van der Waals surface area contributed by atoms with Crippen LogP contribution in [0.25, 0.3) is 0 Å². The number of fused-ring (bicyclic) bond motifs is 7. The molecule has 0 aromatic carbocycles. The number of aliphatic hydroxyl groups is 1. The van der Waals surface area contributed by atoms with Crippen LogP contribution in [0.1, 0.15) is 86.5 Å². The number of hydrogen-bond donors (Lipinski definition) is 1. The van der Waals surface area contributed by atoms with E-state index in [1.165, 1.54) is 44.1 Å². The Kier molecular flexibility index (Phi) is 6.28. The fourth-order valence-electron chi connectivity index (χ4n) is 9.97. The summed E-state index contributed by atoms with van der Waals surface area (Å²) in [4.78, 5) is 0. The smallest absolute Gasteiger partial charge is 0.0574 e. The zero-order valence-corrected chi connectivity index (χ0v) is 21.6. The minimum Gasteiger partial charge on any atom is -0.393 e. The molecule has 32 heavy (non-hydrogen) atoms. The van der Waals surface area contributed by atoms with Gasteiger partial charge in [-0.15, -0.1) is 0 Å². The Morgan fingerprint density at radius 3 is 2.41 bits per heavy atom. The van der Waals surface area contributed by atoms with Gasteiger partial charge in [0, 0.05) is 0 Å². The van der Waals surface area contributed by atoms with Crippen molar-refractivity contribution in [3.63, 3.8) is 0 Å². The van der Waals surface area contributed by atoms with Gasteiger partial charge >= 0.3 is 0 Å². The Balaban J connectivity index is 1.42. The molecular formula is C31H48O. The van der Waals surface area contributed by atoms with Gasteiger partial charge in [0.05, 0.1) is 6.10 Å². The van der Waals surface area contributed by atoms with Crippen LogP contribution >= 0.6 is 0 Å². The molecule has 0 aromatic rings. The summed E-state index contributed by atoms with van der Waals surface area (Å²) in [5.41, 5.74) is 4.78. The second-order valence-electron chi connectivity index (χ2n) is 13.0. The molecule has 0 aliphatic heterocycles. The molecule has 1 heteroatoms. The lowest BCUT2D eigenvalue weighted by molar-refractivity contribution is -0.0821. The predicted octanol–water partition coefficient (Wildman–Crippen LogP) is 7.82. The van der Waals surface area contributed by atoms with Crippen LogP contribution in [-0.2, 0) is 0 Å². The van der Waals surface area contributed by atoms with Gasteiger partial charge in [0.2, 0.25) is 0 Å². The first-order chi connectivity index (χ1) is 15.3. The van der Waals surface area contributed by atoms with Crippen molar-refractivity contribution in [3.8, 4) is 0 Å². The number of allylic oxidation sites excluding steroid dienone is 6. The van der Waals surface area contributed by atoms with E-state index in [4.69, 9.17) is 0 Å². The SMILES string of the molecule is C/C=C(/C)C1CCC2C(C1)CC(C)C1C2C=C(C)C2C3CC(C=C(C)C)CC3C(O)CC21. The van der Waals surface area contributed by atoms with E-state index < -0.39 is 0 Å². The highest BCUT2D eigenvalue weighted by molar-refractivity contribution is 5.23. The van der Waals surface area contributed by atoms with Crippen molar-refractivity contribution in [1.82, 2.24) is 0 Å². The Morgan fingerprint density at radius 1 is 0.938 bits per heavy atom. The normalized spacial score (nSPS) is 50.5. The second-order valence-corrected chi connectivity index (χ2v) is 13.0. The summed E-state index contributed by atoms with van der Waals surface area (Å²) in [6.45, 7) is 14.1. The lowest BCUT2D eigenvalue weighted by atomic mass is 9.47. The van der Waals surface area contributed by atoms with E-state index in [1.807, 2.05) is 0 Å². The van der Waals surface area contributed by atoms with Gasteiger partial charge in [0.1, 0.15) is 0 Å². The van der Waals surface area contributed by atoms with Gasteiger partial charge in [-0.3, -0.25) is 0 Å². The topological polar surface area (TPSA) is 20.2 Å². The molecule has 0 radical (unpaired) electrons. The van der Waals surface area contributed by atoms with Gasteiger partial charge in [-0.05, 0) is 145 Å². The van der Waals surface area contributed by atoms with Crippen molar-refractivity contribution < 1.29 is 5.11 Å². The van der Waals surface area contributed by atoms with E-state index in [-0.39, 0.29) is 6.10 Å². The van der Waals surface area contributed by atoms with Gasteiger partial charge in [-0.2, -0.15) is 0 Å². The fraction of sp³-hybridized carbons (Fsp3) is 0.806. The molecule has 0 aromatic heterocycles. The highest BCUT2D eigenvalue weighted by Crippen LogP contribution is 2.63. The first-order valence-electron chi connectivity index (χ1n) is 13.9. The largest absolute Gasteiger partial charge is 0.393 e. The van der Waals surface area contributed by atoms with Crippen molar-refractivity contribution in [2.75, 3.05) is 0 Å². The zero-order chi connectivity index (χ0) is 22.7. The summed E-state index contributed by atoms with van der Waals surface area (Å²) >= 11 is 0. The van der Waals surface area contributed by atoms with Crippen LogP contribution in [0.4, 0.5) is 0 Å². The third-order valence-corrected chi connectivity index (χ3v) is 11.1. The Hall–Kier alpha value is -0.820. The number of rotatable bonds is 2. The standard InChI is InChI=1S/C31H48O/c1-7-18(4)22-8-9-24-23(15-22)11-19(5)30-26(24)12-20(6)31-27-14-21(10-17(2)3)13-25(27)29(32)16-28(30)31/h7,10,12,19,21-32H,8-9,11,13-16H2,1-6H3/b18-7-. The molecule has 0 heterocycles. The van der Waals surface area contributed by atoms with Crippen LogP contribution in [0.2, 0.25) is 0 Å². The lowest BCUT2D eigenvalue weighted by Crippen LogP contribution is -2.53. The van der Waals surface area contributed by atoms with E-state index in [9.17, 15) is 5.11 Å². The minimum atomic E-state index is -0.0682. The van der Waals surface area contributed by atoms with Gasteiger partial charge in [-0.25, -0.2) is 0 Å². The predicted molar refractivity (Wildman–Crippen MR) is 135 cm³/mol.